The van der Waals surface area contributed by atoms with Crippen molar-refractivity contribution < 1.29 is 14.7 Å². The molecule has 1 aromatic carbocycles. The van der Waals surface area contributed by atoms with Gasteiger partial charge in [0.15, 0.2) is 0 Å². The lowest BCUT2D eigenvalue weighted by Gasteiger charge is -2.26. The Morgan fingerprint density at radius 2 is 1.94 bits per heavy atom. The lowest BCUT2D eigenvalue weighted by Crippen LogP contribution is -2.45. The van der Waals surface area contributed by atoms with Crippen molar-refractivity contribution >= 4 is 11.9 Å². The molecule has 1 unspecified atom stereocenters. The Labute approximate surface area is 106 Å². The zero-order valence-corrected chi connectivity index (χ0v) is 10.4. The van der Waals surface area contributed by atoms with Crippen LogP contribution in [0.25, 0.3) is 0 Å². The average molecular weight is 247 g/mol. The number of hydrogen-bond donors (Lipinski definition) is 1. The van der Waals surface area contributed by atoms with E-state index >= 15 is 0 Å². The summed E-state index contributed by atoms with van der Waals surface area (Å²) in [4.78, 5) is 24.8. The van der Waals surface area contributed by atoms with Crippen LogP contribution in [0.2, 0.25) is 0 Å². The van der Waals surface area contributed by atoms with Crippen molar-refractivity contribution in [3.63, 3.8) is 0 Å². The number of carbonyl (C=O) groups excluding carboxylic acids is 1. The molecule has 1 atom stereocenters. The lowest BCUT2D eigenvalue weighted by molar-refractivity contribution is -0.149. The fourth-order valence-electron chi connectivity index (χ4n) is 2.07. The van der Waals surface area contributed by atoms with E-state index < -0.39 is 12.0 Å². The van der Waals surface area contributed by atoms with Gasteiger partial charge in [0.2, 0.25) is 5.91 Å². The molecular weight excluding hydrogens is 230 g/mol. The van der Waals surface area contributed by atoms with Crippen LogP contribution in [0.15, 0.2) is 30.3 Å². The number of carboxylic acids is 1. The van der Waals surface area contributed by atoms with E-state index in [0.29, 0.717) is 0 Å². The number of carbonyl (C=O) groups is 2. The monoisotopic (exact) mass is 247 g/mol. The summed E-state index contributed by atoms with van der Waals surface area (Å²) in [7, 11) is 0. The van der Waals surface area contributed by atoms with Crippen LogP contribution in [0.5, 0.6) is 0 Å². The number of amides is 1. The molecule has 96 valence electrons. The van der Waals surface area contributed by atoms with Gasteiger partial charge in [-0.3, -0.25) is 4.79 Å². The van der Waals surface area contributed by atoms with Crippen molar-refractivity contribution in [2.75, 3.05) is 0 Å². The van der Waals surface area contributed by atoms with Crippen molar-refractivity contribution in [3.8, 4) is 0 Å². The minimum Gasteiger partial charge on any atom is -0.480 e. The standard InChI is InChI=1S/C14H17NO3/c1-10(14(17)18)15(12-7-8-12)13(16)9-11-5-3-2-4-6-11/h2-6,10,12H,7-9H2,1H3,(H,17,18). The van der Waals surface area contributed by atoms with E-state index in [-0.39, 0.29) is 18.4 Å². The molecule has 1 aliphatic carbocycles. The Bertz CT molecular complexity index is 440. The second-order valence-corrected chi connectivity index (χ2v) is 4.71. The molecule has 1 N–H and O–H groups in total. The van der Waals surface area contributed by atoms with E-state index in [1.165, 1.54) is 4.90 Å². The normalized spacial score (nSPS) is 16.1. The zero-order valence-electron chi connectivity index (χ0n) is 10.4. The highest BCUT2D eigenvalue weighted by atomic mass is 16.4. The van der Waals surface area contributed by atoms with Gasteiger partial charge in [-0.05, 0) is 25.3 Å². The number of hydrogen-bond acceptors (Lipinski definition) is 2. The van der Waals surface area contributed by atoms with Crippen LogP contribution in [0.4, 0.5) is 0 Å². The van der Waals surface area contributed by atoms with Crippen molar-refractivity contribution in [2.45, 2.75) is 38.3 Å². The molecule has 0 saturated heterocycles. The number of rotatable bonds is 5. The van der Waals surface area contributed by atoms with Crippen LogP contribution < -0.4 is 0 Å². The van der Waals surface area contributed by atoms with Crippen molar-refractivity contribution in [1.29, 1.82) is 0 Å². The summed E-state index contributed by atoms with van der Waals surface area (Å²) in [6.45, 7) is 1.57. The van der Waals surface area contributed by atoms with E-state index in [1.807, 2.05) is 30.3 Å². The summed E-state index contributed by atoms with van der Waals surface area (Å²) in [6, 6.07) is 8.80. The van der Waals surface area contributed by atoms with Crippen LogP contribution in [-0.2, 0) is 16.0 Å². The third-order valence-corrected chi connectivity index (χ3v) is 3.20. The van der Waals surface area contributed by atoms with Crippen LogP contribution in [0.1, 0.15) is 25.3 Å². The van der Waals surface area contributed by atoms with Gasteiger partial charge in [-0.25, -0.2) is 4.79 Å². The highest BCUT2D eigenvalue weighted by molar-refractivity contribution is 5.85. The Kier molecular flexibility index (Phi) is 3.65. The molecule has 0 aliphatic heterocycles. The van der Waals surface area contributed by atoms with Gasteiger partial charge < -0.3 is 10.0 Å². The Morgan fingerprint density at radius 1 is 1.33 bits per heavy atom. The quantitative estimate of drug-likeness (QED) is 0.861. The third kappa shape index (κ3) is 2.88. The molecule has 4 heteroatoms. The molecule has 0 spiro atoms. The predicted molar refractivity (Wildman–Crippen MR) is 67.1 cm³/mol. The number of aliphatic carboxylic acids is 1. The van der Waals surface area contributed by atoms with E-state index in [4.69, 9.17) is 5.11 Å². The minimum atomic E-state index is -0.941. The molecule has 1 aliphatic rings. The fourth-order valence-corrected chi connectivity index (χ4v) is 2.07. The first-order valence-electron chi connectivity index (χ1n) is 6.17. The van der Waals surface area contributed by atoms with Crippen LogP contribution in [-0.4, -0.2) is 34.0 Å². The maximum atomic E-state index is 12.2. The fraction of sp³-hybridized carbons (Fsp3) is 0.429. The molecule has 1 fully saturated rings. The summed E-state index contributed by atoms with van der Waals surface area (Å²) < 4.78 is 0. The predicted octanol–water partition coefficient (Wildman–Crippen LogP) is 1.69. The summed E-state index contributed by atoms with van der Waals surface area (Å²) in [5.74, 6) is -1.04. The summed E-state index contributed by atoms with van der Waals surface area (Å²) in [6.07, 6.45) is 2.10. The zero-order chi connectivity index (χ0) is 13.1. The van der Waals surface area contributed by atoms with Gasteiger partial charge >= 0.3 is 5.97 Å². The molecule has 2 rings (SSSR count). The lowest BCUT2D eigenvalue weighted by atomic mass is 10.1. The second kappa shape index (κ2) is 5.21. The Morgan fingerprint density at radius 3 is 2.44 bits per heavy atom. The molecule has 0 bridgehead atoms. The van der Waals surface area contributed by atoms with E-state index in [0.717, 1.165) is 18.4 Å². The van der Waals surface area contributed by atoms with Crippen molar-refractivity contribution in [1.82, 2.24) is 4.90 Å². The van der Waals surface area contributed by atoms with E-state index in [9.17, 15) is 9.59 Å². The second-order valence-electron chi connectivity index (χ2n) is 4.71. The molecule has 1 aromatic rings. The van der Waals surface area contributed by atoms with Gasteiger partial charge in [0, 0.05) is 6.04 Å². The molecule has 1 saturated carbocycles. The average Bonchev–Trinajstić information content (AvgIpc) is 3.14. The summed E-state index contributed by atoms with van der Waals surface area (Å²) in [5.41, 5.74) is 0.922. The largest absolute Gasteiger partial charge is 0.480 e. The van der Waals surface area contributed by atoms with Crippen LogP contribution in [0.3, 0.4) is 0 Å². The Balaban J connectivity index is 2.07. The smallest absolute Gasteiger partial charge is 0.326 e. The minimum absolute atomic E-state index is 0.0985. The third-order valence-electron chi connectivity index (χ3n) is 3.20. The molecule has 4 nitrogen and oxygen atoms in total. The van der Waals surface area contributed by atoms with Crippen molar-refractivity contribution in [3.05, 3.63) is 35.9 Å². The van der Waals surface area contributed by atoms with Gasteiger partial charge in [-0.15, -0.1) is 0 Å². The SMILES string of the molecule is CC(C(=O)O)N(C(=O)Cc1ccccc1)C1CC1. The first kappa shape index (κ1) is 12.6. The molecule has 1 amide bonds. The van der Waals surface area contributed by atoms with Gasteiger partial charge in [0.25, 0.3) is 0 Å². The van der Waals surface area contributed by atoms with Crippen molar-refractivity contribution in [2.24, 2.45) is 0 Å². The number of carboxylic acid groups (broad SMARTS) is 1. The number of nitrogens with zero attached hydrogens (tertiary/aromatic N) is 1. The van der Waals surface area contributed by atoms with Gasteiger partial charge in [-0.2, -0.15) is 0 Å². The Hall–Kier alpha value is -1.84. The summed E-state index contributed by atoms with van der Waals surface area (Å²) in [5, 5.41) is 9.05. The van der Waals surface area contributed by atoms with Gasteiger partial charge in [-0.1, -0.05) is 30.3 Å². The highest BCUT2D eigenvalue weighted by Crippen LogP contribution is 2.29. The molecule has 18 heavy (non-hydrogen) atoms. The number of benzene rings is 1. The van der Waals surface area contributed by atoms with Gasteiger partial charge in [0.1, 0.15) is 6.04 Å². The maximum Gasteiger partial charge on any atom is 0.326 e. The summed E-state index contributed by atoms with van der Waals surface area (Å²) >= 11 is 0. The topological polar surface area (TPSA) is 57.6 Å². The molecule has 0 aromatic heterocycles. The molecule has 0 heterocycles. The van der Waals surface area contributed by atoms with Crippen LogP contribution >= 0.6 is 0 Å². The molecule has 0 radical (unpaired) electrons. The molecular formula is C14H17NO3. The first-order valence-corrected chi connectivity index (χ1v) is 6.17. The first-order chi connectivity index (χ1) is 8.59. The maximum absolute atomic E-state index is 12.2. The van der Waals surface area contributed by atoms with E-state index in [1.54, 1.807) is 6.92 Å². The highest BCUT2D eigenvalue weighted by Gasteiger charge is 2.38. The van der Waals surface area contributed by atoms with Crippen LogP contribution in [0, 0.1) is 0 Å². The van der Waals surface area contributed by atoms with E-state index in [2.05, 4.69) is 0 Å². The van der Waals surface area contributed by atoms with Gasteiger partial charge in [0.05, 0.1) is 6.42 Å².